The van der Waals surface area contributed by atoms with Crippen molar-refractivity contribution in [3.05, 3.63) is 35.4 Å². The zero-order valence-electron chi connectivity index (χ0n) is 22.3. The van der Waals surface area contributed by atoms with Crippen LogP contribution in [-0.2, 0) is 19.1 Å². The molecule has 202 valence electrons. The fraction of sp³-hybridized carbons (Fsp3) is 0.571. The third kappa shape index (κ3) is 9.12. The summed E-state index contributed by atoms with van der Waals surface area (Å²) in [6.45, 7) is 7.01. The summed E-state index contributed by atoms with van der Waals surface area (Å²) in [6.07, 6.45) is 9.69. The number of carbonyl (C=O) groups is 4. The smallest absolute Gasteiger partial charge is 0.408 e. The van der Waals surface area contributed by atoms with Crippen molar-refractivity contribution in [3.8, 4) is 12.3 Å². The molecule has 2 atom stereocenters. The van der Waals surface area contributed by atoms with Crippen molar-refractivity contribution >= 4 is 23.8 Å². The van der Waals surface area contributed by atoms with Gasteiger partial charge in [-0.2, -0.15) is 0 Å². The van der Waals surface area contributed by atoms with Gasteiger partial charge in [0, 0.05) is 24.6 Å². The SMILES string of the molecule is C#Cc1ccccc1C(C(=O)NC1CCCCC1)N(CC)C(=O)C(CCC(N)=O)NC(=O)OC(C)(C)C. The van der Waals surface area contributed by atoms with Gasteiger partial charge in [0.2, 0.25) is 17.7 Å². The maximum atomic E-state index is 13.9. The first-order valence-electron chi connectivity index (χ1n) is 12.9. The predicted octanol–water partition coefficient (Wildman–Crippen LogP) is 3.17. The van der Waals surface area contributed by atoms with Crippen molar-refractivity contribution in [2.75, 3.05) is 6.54 Å². The molecule has 0 bridgehead atoms. The van der Waals surface area contributed by atoms with Gasteiger partial charge in [0.1, 0.15) is 17.7 Å². The van der Waals surface area contributed by atoms with E-state index >= 15 is 0 Å². The second kappa shape index (κ2) is 13.7. The molecular formula is C28H40N4O5. The van der Waals surface area contributed by atoms with E-state index in [1.165, 1.54) is 4.90 Å². The van der Waals surface area contributed by atoms with Gasteiger partial charge in [0.15, 0.2) is 0 Å². The lowest BCUT2D eigenvalue weighted by atomic mass is 9.93. The molecule has 0 heterocycles. The van der Waals surface area contributed by atoms with Crippen LogP contribution in [0.15, 0.2) is 24.3 Å². The Morgan fingerprint density at radius 1 is 1.16 bits per heavy atom. The highest BCUT2D eigenvalue weighted by molar-refractivity contribution is 5.93. The molecule has 1 aliphatic rings. The van der Waals surface area contributed by atoms with Gasteiger partial charge < -0.3 is 26.0 Å². The first-order valence-corrected chi connectivity index (χ1v) is 12.9. The summed E-state index contributed by atoms with van der Waals surface area (Å²) in [5, 5.41) is 5.68. The van der Waals surface area contributed by atoms with E-state index in [-0.39, 0.29) is 31.3 Å². The van der Waals surface area contributed by atoms with Gasteiger partial charge in [-0.25, -0.2) is 4.79 Å². The fourth-order valence-corrected chi connectivity index (χ4v) is 4.50. The number of likely N-dealkylation sites (N-methyl/N-ethyl adjacent to an activating group) is 1. The van der Waals surface area contributed by atoms with Crippen LogP contribution in [0.2, 0.25) is 0 Å². The quantitative estimate of drug-likeness (QED) is 0.415. The Bertz CT molecular complexity index is 1000. The summed E-state index contributed by atoms with van der Waals surface area (Å²) in [7, 11) is 0. The van der Waals surface area contributed by atoms with E-state index in [2.05, 4.69) is 16.6 Å². The minimum Gasteiger partial charge on any atom is -0.444 e. The van der Waals surface area contributed by atoms with E-state index in [0.29, 0.717) is 11.1 Å². The molecule has 9 heteroatoms. The van der Waals surface area contributed by atoms with Crippen LogP contribution < -0.4 is 16.4 Å². The van der Waals surface area contributed by atoms with E-state index in [1.807, 2.05) is 0 Å². The number of rotatable bonds is 10. The minimum atomic E-state index is -1.13. The minimum absolute atomic E-state index is 0.0149. The van der Waals surface area contributed by atoms with Crippen LogP contribution in [0.25, 0.3) is 0 Å². The van der Waals surface area contributed by atoms with E-state index in [9.17, 15) is 19.2 Å². The monoisotopic (exact) mass is 512 g/mol. The number of nitrogens with one attached hydrogen (secondary N) is 2. The highest BCUT2D eigenvalue weighted by Gasteiger charge is 2.37. The normalized spacial score (nSPS) is 15.5. The molecule has 0 spiro atoms. The summed E-state index contributed by atoms with van der Waals surface area (Å²) >= 11 is 0. The number of amides is 4. The van der Waals surface area contributed by atoms with Gasteiger partial charge >= 0.3 is 6.09 Å². The molecule has 4 amide bonds. The van der Waals surface area contributed by atoms with Gasteiger partial charge in [-0.05, 0) is 58.6 Å². The summed E-state index contributed by atoms with van der Waals surface area (Å²) in [4.78, 5) is 53.0. The Kier molecular flexibility index (Phi) is 11.0. The Hall–Kier alpha value is -3.54. The largest absolute Gasteiger partial charge is 0.444 e. The summed E-state index contributed by atoms with van der Waals surface area (Å²) < 4.78 is 5.33. The Morgan fingerprint density at radius 3 is 2.38 bits per heavy atom. The van der Waals surface area contributed by atoms with Crippen molar-refractivity contribution in [2.45, 2.75) is 96.4 Å². The molecule has 1 saturated carbocycles. The number of benzene rings is 1. The zero-order valence-corrected chi connectivity index (χ0v) is 22.3. The fourth-order valence-electron chi connectivity index (χ4n) is 4.50. The number of nitrogens with two attached hydrogens (primary N) is 1. The van der Waals surface area contributed by atoms with Crippen LogP contribution in [0.5, 0.6) is 0 Å². The van der Waals surface area contributed by atoms with Gasteiger partial charge in [-0.1, -0.05) is 43.4 Å². The molecule has 0 aliphatic heterocycles. The van der Waals surface area contributed by atoms with Crippen molar-refractivity contribution < 1.29 is 23.9 Å². The molecule has 2 unspecified atom stereocenters. The number of hydrogen-bond acceptors (Lipinski definition) is 5. The van der Waals surface area contributed by atoms with Gasteiger partial charge in [-0.3, -0.25) is 14.4 Å². The molecule has 1 aromatic rings. The van der Waals surface area contributed by atoms with Crippen molar-refractivity contribution in [2.24, 2.45) is 5.73 Å². The lowest BCUT2D eigenvalue weighted by molar-refractivity contribution is -0.142. The van der Waals surface area contributed by atoms with Crippen LogP contribution in [0.1, 0.15) is 89.8 Å². The summed E-state index contributed by atoms with van der Waals surface area (Å²) in [5.41, 5.74) is 5.54. The average Bonchev–Trinajstić information content (AvgIpc) is 2.84. The van der Waals surface area contributed by atoms with Gasteiger partial charge in [0.25, 0.3) is 0 Å². The maximum Gasteiger partial charge on any atom is 0.408 e. The third-order valence-corrected chi connectivity index (χ3v) is 6.21. The summed E-state index contributed by atoms with van der Waals surface area (Å²) in [6, 6.07) is 4.84. The second-order valence-corrected chi connectivity index (χ2v) is 10.3. The van der Waals surface area contributed by atoms with Gasteiger partial charge in [0.05, 0.1) is 0 Å². The maximum absolute atomic E-state index is 13.9. The standard InChI is InChI=1S/C28H40N4O5/c1-6-19-13-11-12-16-21(19)24(25(34)30-20-14-9-8-10-15-20)32(7-2)26(35)22(17-18-23(29)33)31-27(36)37-28(3,4)5/h1,11-13,16,20,22,24H,7-10,14-15,17-18H2,2-5H3,(H2,29,33)(H,30,34)(H,31,36). The Balaban J connectivity index is 2.44. The molecule has 37 heavy (non-hydrogen) atoms. The van der Waals surface area contributed by atoms with E-state index in [1.54, 1.807) is 52.0 Å². The highest BCUT2D eigenvalue weighted by Crippen LogP contribution is 2.27. The Morgan fingerprint density at radius 2 is 1.81 bits per heavy atom. The number of primary amides is 1. The number of alkyl carbamates (subject to hydrolysis) is 1. The molecule has 0 saturated heterocycles. The lowest BCUT2D eigenvalue weighted by Crippen LogP contribution is -2.54. The van der Waals surface area contributed by atoms with E-state index < -0.39 is 35.6 Å². The Labute approximate surface area is 219 Å². The molecule has 1 aliphatic carbocycles. The number of terminal acetylenes is 1. The van der Waals surface area contributed by atoms with Gasteiger partial charge in [-0.15, -0.1) is 6.42 Å². The predicted molar refractivity (Wildman–Crippen MR) is 141 cm³/mol. The molecule has 1 aromatic carbocycles. The van der Waals surface area contributed by atoms with Crippen LogP contribution in [-0.4, -0.2) is 52.9 Å². The topological polar surface area (TPSA) is 131 Å². The van der Waals surface area contributed by atoms with Crippen LogP contribution in [0.3, 0.4) is 0 Å². The molecule has 0 aromatic heterocycles. The van der Waals surface area contributed by atoms with Crippen molar-refractivity contribution in [1.29, 1.82) is 0 Å². The molecule has 4 N–H and O–H groups in total. The third-order valence-electron chi connectivity index (χ3n) is 6.21. The highest BCUT2D eigenvalue weighted by atomic mass is 16.6. The lowest BCUT2D eigenvalue weighted by Gasteiger charge is -2.35. The summed E-state index contributed by atoms with van der Waals surface area (Å²) in [5.74, 6) is 1.12. The zero-order chi connectivity index (χ0) is 27.6. The van der Waals surface area contributed by atoms with Crippen molar-refractivity contribution in [1.82, 2.24) is 15.5 Å². The van der Waals surface area contributed by atoms with Crippen LogP contribution in [0, 0.1) is 12.3 Å². The molecule has 2 rings (SSSR count). The number of ether oxygens (including phenoxy) is 1. The first-order chi connectivity index (χ1) is 17.5. The molecule has 1 fully saturated rings. The van der Waals surface area contributed by atoms with E-state index in [0.717, 1.165) is 32.1 Å². The van der Waals surface area contributed by atoms with Crippen molar-refractivity contribution in [3.63, 3.8) is 0 Å². The average molecular weight is 513 g/mol. The second-order valence-electron chi connectivity index (χ2n) is 10.3. The molecular weight excluding hydrogens is 472 g/mol. The van der Waals surface area contributed by atoms with Crippen LogP contribution in [0.4, 0.5) is 4.79 Å². The first kappa shape index (κ1) is 29.7. The number of nitrogens with zero attached hydrogens (tertiary/aromatic N) is 1. The number of hydrogen-bond donors (Lipinski definition) is 3. The number of carbonyl (C=O) groups excluding carboxylic acids is 4. The van der Waals surface area contributed by atoms with E-state index in [4.69, 9.17) is 16.9 Å². The van der Waals surface area contributed by atoms with Crippen LogP contribution >= 0.6 is 0 Å². The molecule has 0 radical (unpaired) electrons. The molecule has 9 nitrogen and oxygen atoms in total.